The first-order chi connectivity index (χ1) is 9.94. The molecule has 0 atom stereocenters. The van der Waals surface area contributed by atoms with Crippen molar-refractivity contribution in [3.8, 4) is 0 Å². The standard InChI is InChI=1S/C17H18Br2O2/c1-17(2,20-11-13-3-7-15(18)8-4-13)21-12-14-5-9-16(19)10-6-14/h3-10H,11-12H2,1-2H3. The zero-order valence-corrected chi connectivity index (χ0v) is 15.3. The van der Waals surface area contributed by atoms with Crippen LogP contribution in [0.5, 0.6) is 0 Å². The Bertz CT molecular complexity index is 511. The van der Waals surface area contributed by atoms with Gasteiger partial charge in [-0.2, -0.15) is 0 Å². The summed E-state index contributed by atoms with van der Waals surface area (Å²) in [5.41, 5.74) is 2.25. The van der Waals surface area contributed by atoms with Crippen molar-refractivity contribution in [2.45, 2.75) is 32.8 Å². The highest BCUT2D eigenvalue weighted by Crippen LogP contribution is 2.19. The van der Waals surface area contributed by atoms with Crippen LogP contribution in [-0.4, -0.2) is 5.79 Å². The van der Waals surface area contributed by atoms with Crippen molar-refractivity contribution in [2.24, 2.45) is 0 Å². The minimum Gasteiger partial charge on any atom is -0.346 e. The SMILES string of the molecule is CC(C)(OCc1ccc(Br)cc1)OCc1ccc(Br)cc1. The molecule has 2 rings (SSSR count). The van der Waals surface area contributed by atoms with Gasteiger partial charge in [0.1, 0.15) is 0 Å². The Balaban J connectivity index is 1.83. The molecule has 0 spiro atoms. The van der Waals surface area contributed by atoms with Crippen molar-refractivity contribution in [1.82, 2.24) is 0 Å². The second kappa shape index (κ2) is 7.54. The molecule has 0 amide bonds. The van der Waals surface area contributed by atoms with Crippen molar-refractivity contribution in [2.75, 3.05) is 0 Å². The highest BCUT2D eigenvalue weighted by Gasteiger charge is 2.19. The maximum absolute atomic E-state index is 5.85. The van der Waals surface area contributed by atoms with E-state index in [1.54, 1.807) is 0 Å². The Kier molecular flexibility index (Phi) is 5.99. The van der Waals surface area contributed by atoms with Crippen LogP contribution in [0, 0.1) is 0 Å². The van der Waals surface area contributed by atoms with Crippen LogP contribution in [0.2, 0.25) is 0 Å². The van der Waals surface area contributed by atoms with Gasteiger partial charge in [-0.1, -0.05) is 56.1 Å². The van der Waals surface area contributed by atoms with Gasteiger partial charge in [-0.25, -0.2) is 0 Å². The van der Waals surface area contributed by atoms with E-state index < -0.39 is 5.79 Å². The maximum atomic E-state index is 5.85. The molecule has 2 aromatic carbocycles. The van der Waals surface area contributed by atoms with Crippen LogP contribution in [0.1, 0.15) is 25.0 Å². The second-order valence-corrected chi connectivity index (χ2v) is 7.06. The Morgan fingerprint density at radius 3 is 1.38 bits per heavy atom. The average Bonchev–Trinajstić information content (AvgIpc) is 2.46. The molecule has 0 aliphatic carbocycles. The van der Waals surface area contributed by atoms with Gasteiger partial charge in [0.05, 0.1) is 13.2 Å². The molecular weight excluding hydrogens is 396 g/mol. The third-order valence-corrected chi connectivity index (χ3v) is 4.06. The molecule has 0 saturated carbocycles. The van der Waals surface area contributed by atoms with Crippen molar-refractivity contribution in [1.29, 1.82) is 0 Å². The first-order valence-corrected chi connectivity index (χ1v) is 8.30. The summed E-state index contributed by atoms with van der Waals surface area (Å²) in [5, 5.41) is 0. The molecule has 0 N–H and O–H groups in total. The fourth-order valence-electron chi connectivity index (χ4n) is 1.72. The molecule has 2 nitrogen and oxygen atoms in total. The summed E-state index contributed by atoms with van der Waals surface area (Å²) in [5.74, 6) is -0.625. The minimum atomic E-state index is -0.625. The minimum absolute atomic E-state index is 0.528. The summed E-state index contributed by atoms with van der Waals surface area (Å²) >= 11 is 6.85. The van der Waals surface area contributed by atoms with E-state index in [-0.39, 0.29) is 0 Å². The summed E-state index contributed by atoms with van der Waals surface area (Å²) < 4.78 is 13.8. The zero-order valence-electron chi connectivity index (χ0n) is 12.1. The first-order valence-electron chi connectivity index (χ1n) is 6.71. The van der Waals surface area contributed by atoms with Crippen LogP contribution >= 0.6 is 31.9 Å². The predicted molar refractivity (Wildman–Crippen MR) is 91.9 cm³/mol. The van der Waals surface area contributed by atoms with Gasteiger partial charge in [-0.15, -0.1) is 0 Å². The van der Waals surface area contributed by atoms with E-state index in [1.165, 1.54) is 0 Å². The van der Waals surface area contributed by atoms with Gasteiger partial charge in [0.15, 0.2) is 5.79 Å². The summed E-state index contributed by atoms with van der Waals surface area (Å²) in [6, 6.07) is 16.2. The Labute approximate surface area is 142 Å². The molecule has 0 saturated heterocycles. The summed E-state index contributed by atoms with van der Waals surface area (Å²) in [6.07, 6.45) is 0. The smallest absolute Gasteiger partial charge is 0.163 e. The van der Waals surface area contributed by atoms with Gasteiger partial charge in [0.2, 0.25) is 0 Å². The summed E-state index contributed by atoms with van der Waals surface area (Å²) in [6.45, 7) is 4.93. The molecule has 4 heteroatoms. The fourth-order valence-corrected chi connectivity index (χ4v) is 2.25. The second-order valence-electron chi connectivity index (χ2n) is 5.23. The molecule has 0 radical (unpaired) electrons. The maximum Gasteiger partial charge on any atom is 0.163 e. The van der Waals surface area contributed by atoms with E-state index in [0.29, 0.717) is 13.2 Å². The topological polar surface area (TPSA) is 18.5 Å². The Morgan fingerprint density at radius 1 is 0.714 bits per heavy atom. The number of ether oxygens (including phenoxy) is 2. The summed E-state index contributed by atoms with van der Waals surface area (Å²) in [7, 11) is 0. The Morgan fingerprint density at radius 2 is 1.05 bits per heavy atom. The molecular formula is C17H18Br2O2. The van der Waals surface area contributed by atoms with E-state index in [2.05, 4.69) is 31.9 Å². The van der Waals surface area contributed by atoms with Crippen LogP contribution in [0.3, 0.4) is 0 Å². The van der Waals surface area contributed by atoms with E-state index >= 15 is 0 Å². The van der Waals surface area contributed by atoms with Crippen LogP contribution in [0.4, 0.5) is 0 Å². The monoisotopic (exact) mass is 412 g/mol. The number of rotatable bonds is 6. The van der Waals surface area contributed by atoms with Crippen LogP contribution < -0.4 is 0 Å². The van der Waals surface area contributed by atoms with Gasteiger partial charge >= 0.3 is 0 Å². The molecule has 0 bridgehead atoms. The van der Waals surface area contributed by atoms with Crippen LogP contribution in [0.15, 0.2) is 57.5 Å². The van der Waals surface area contributed by atoms with Crippen LogP contribution in [-0.2, 0) is 22.7 Å². The average molecular weight is 414 g/mol. The van der Waals surface area contributed by atoms with E-state index in [4.69, 9.17) is 9.47 Å². The largest absolute Gasteiger partial charge is 0.346 e. The molecule has 0 unspecified atom stereocenters. The lowest BCUT2D eigenvalue weighted by molar-refractivity contribution is -0.226. The molecule has 112 valence electrons. The van der Waals surface area contributed by atoms with Gasteiger partial charge in [0, 0.05) is 8.95 Å². The first kappa shape index (κ1) is 16.7. The number of halogens is 2. The predicted octanol–water partition coefficient (Wildman–Crippen LogP) is 5.68. The van der Waals surface area contributed by atoms with E-state index in [1.807, 2.05) is 62.4 Å². The van der Waals surface area contributed by atoms with Crippen LogP contribution in [0.25, 0.3) is 0 Å². The van der Waals surface area contributed by atoms with E-state index in [9.17, 15) is 0 Å². The third-order valence-electron chi connectivity index (χ3n) is 3.00. The zero-order chi connectivity index (χ0) is 15.3. The normalized spacial score (nSPS) is 11.6. The fraction of sp³-hybridized carbons (Fsp3) is 0.294. The highest BCUT2D eigenvalue weighted by molar-refractivity contribution is 9.10. The van der Waals surface area contributed by atoms with Crippen molar-refractivity contribution < 1.29 is 9.47 Å². The lowest BCUT2D eigenvalue weighted by Crippen LogP contribution is -2.28. The summed E-state index contributed by atoms with van der Waals surface area (Å²) in [4.78, 5) is 0. The van der Waals surface area contributed by atoms with Crippen molar-refractivity contribution >= 4 is 31.9 Å². The molecule has 0 fully saturated rings. The third kappa shape index (κ3) is 5.91. The quantitative estimate of drug-likeness (QED) is 0.567. The Hall–Kier alpha value is -0.680. The molecule has 0 aromatic heterocycles. The molecule has 21 heavy (non-hydrogen) atoms. The molecule has 0 aliphatic rings. The lowest BCUT2D eigenvalue weighted by atomic mass is 10.2. The molecule has 0 heterocycles. The van der Waals surface area contributed by atoms with Gasteiger partial charge in [0.25, 0.3) is 0 Å². The van der Waals surface area contributed by atoms with Gasteiger partial charge < -0.3 is 9.47 Å². The van der Waals surface area contributed by atoms with Crippen molar-refractivity contribution in [3.05, 3.63) is 68.6 Å². The highest BCUT2D eigenvalue weighted by atomic mass is 79.9. The molecule has 0 aliphatic heterocycles. The van der Waals surface area contributed by atoms with Gasteiger partial charge in [-0.05, 0) is 49.2 Å². The number of benzene rings is 2. The molecule has 2 aromatic rings. The van der Waals surface area contributed by atoms with Crippen molar-refractivity contribution in [3.63, 3.8) is 0 Å². The number of hydrogen-bond acceptors (Lipinski definition) is 2. The number of hydrogen-bond donors (Lipinski definition) is 0. The lowest BCUT2D eigenvalue weighted by Gasteiger charge is -2.26. The van der Waals surface area contributed by atoms with E-state index in [0.717, 1.165) is 20.1 Å². The van der Waals surface area contributed by atoms with Gasteiger partial charge in [-0.3, -0.25) is 0 Å².